The SMILES string of the molecule is O=COc1ccc(N2CCS(=O)(=O)CC2)cc1. The van der Waals surface area contributed by atoms with Crippen molar-refractivity contribution < 1.29 is 17.9 Å². The normalized spacial score (nSPS) is 18.7. The predicted octanol–water partition coefficient (Wildman–Crippen LogP) is 0.457. The number of carbonyl (C=O) groups is 1. The van der Waals surface area contributed by atoms with Crippen molar-refractivity contribution in [2.45, 2.75) is 0 Å². The fourth-order valence-corrected chi connectivity index (χ4v) is 2.96. The Balaban J connectivity index is 2.06. The summed E-state index contributed by atoms with van der Waals surface area (Å²) in [7, 11) is -2.85. The van der Waals surface area contributed by atoms with E-state index in [1.165, 1.54) is 0 Å². The fourth-order valence-electron chi connectivity index (χ4n) is 1.76. The molecule has 6 heteroatoms. The van der Waals surface area contributed by atoms with E-state index in [1.54, 1.807) is 12.1 Å². The number of nitrogens with zero attached hydrogens (tertiary/aromatic N) is 1. The summed E-state index contributed by atoms with van der Waals surface area (Å²) in [5, 5.41) is 0. The van der Waals surface area contributed by atoms with E-state index in [1.807, 2.05) is 17.0 Å². The van der Waals surface area contributed by atoms with Gasteiger partial charge in [0.15, 0.2) is 9.84 Å². The number of hydrogen-bond donors (Lipinski definition) is 0. The minimum absolute atomic E-state index is 0.194. The molecule has 0 saturated carbocycles. The third-order valence-electron chi connectivity index (χ3n) is 2.73. The van der Waals surface area contributed by atoms with Gasteiger partial charge in [0.1, 0.15) is 5.75 Å². The van der Waals surface area contributed by atoms with Gasteiger partial charge in [-0.15, -0.1) is 0 Å². The van der Waals surface area contributed by atoms with E-state index >= 15 is 0 Å². The van der Waals surface area contributed by atoms with Crippen molar-refractivity contribution in [1.82, 2.24) is 0 Å². The quantitative estimate of drug-likeness (QED) is 0.734. The fraction of sp³-hybridized carbons (Fsp3) is 0.364. The lowest BCUT2D eigenvalue weighted by atomic mass is 10.2. The second-order valence-corrected chi connectivity index (χ2v) is 6.15. The molecule has 0 spiro atoms. The van der Waals surface area contributed by atoms with E-state index in [0.717, 1.165) is 5.69 Å². The van der Waals surface area contributed by atoms with Crippen molar-refractivity contribution in [3.05, 3.63) is 24.3 Å². The summed E-state index contributed by atoms with van der Waals surface area (Å²) >= 11 is 0. The third kappa shape index (κ3) is 2.97. The monoisotopic (exact) mass is 255 g/mol. The Labute approximate surface area is 99.9 Å². The van der Waals surface area contributed by atoms with Gasteiger partial charge in [-0.05, 0) is 24.3 Å². The van der Waals surface area contributed by atoms with Crippen LogP contribution in [0.2, 0.25) is 0 Å². The molecule has 0 radical (unpaired) electrons. The maximum atomic E-state index is 11.3. The van der Waals surface area contributed by atoms with Gasteiger partial charge >= 0.3 is 0 Å². The molecule has 1 aliphatic heterocycles. The standard InChI is InChI=1S/C11H13NO4S/c13-9-16-11-3-1-10(2-4-11)12-5-7-17(14,15)8-6-12/h1-4,9H,5-8H2. The number of carbonyl (C=O) groups excluding carboxylic acids is 1. The van der Waals surface area contributed by atoms with Crippen LogP contribution in [0.3, 0.4) is 0 Å². The highest BCUT2D eigenvalue weighted by Gasteiger charge is 2.21. The Morgan fingerprint density at radius 1 is 1.12 bits per heavy atom. The number of ether oxygens (including phenoxy) is 1. The number of hydrogen-bond acceptors (Lipinski definition) is 5. The molecule has 0 atom stereocenters. The van der Waals surface area contributed by atoms with Gasteiger partial charge in [-0.2, -0.15) is 0 Å². The summed E-state index contributed by atoms with van der Waals surface area (Å²) in [6.45, 7) is 1.40. The largest absolute Gasteiger partial charge is 0.429 e. The Bertz CT molecular complexity index is 481. The summed E-state index contributed by atoms with van der Waals surface area (Å²) in [6.07, 6.45) is 0. The van der Waals surface area contributed by atoms with Gasteiger partial charge in [0, 0.05) is 18.8 Å². The molecule has 0 N–H and O–H groups in total. The maximum Gasteiger partial charge on any atom is 0.298 e. The van der Waals surface area contributed by atoms with E-state index in [-0.39, 0.29) is 11.5 Å². The average molecular weight is 255 g/mol. The first-order chi connectivity index (χ1) is 8.11. The molecule has 0 unspecified atom stereocenters. The molecular formula is C11H13NO4S. The lowest BCUT2D eigenvalue weighted by Crippen LogP contribution is -2.40. The van der Waals surface area contributed by atoms with E-state index in [9.17, 15) is 13.2 Å². The zero-order valence-electron chi connectivity index (χ0n) is 9.20. The van der Waals surface area contributed by atoms with Crippen molar-refractivity contribution in [2.75, 3.05) is 29.5 Å². The summed E-state index contributed by atoms with van der Waals surface area (Å²) in [5.41, 5.74) is 0.943. The van der Waals surface area contributed by atoms with Crippen LogP contribution in [-0.2, 0) is 14.6 Å². The first kappa shape index (κ1) is 11.9. The molecule has 0 amide bonds. The molecule has 1 aromatic carbocycles. The number of rotatable bonds is 3. The summed E-state index contributed by atoms with van der Waals surface area (Å²) < 4.78 is 27.2. The number of sulfone groups is 1. The Morgan fingerprint density at radius 3 is 2.24 bits per heavy atom. The van der Waals surface area contributed by atoms with E-state index in [0.29, 0.717) is 25.3 Å². The predicted molar refractivity (Wildman–Crippen MR) is 64.0 cm³/mol. The highest BCUT2D eigenvalue weighted by atomic mass is 32.2. The first-order valence-electron chi connectivity index (χ1n) is 5.26. The van der Waals surface area contributed by atoms with Crippen LogP contribution in [0.4, 0.5) is 5.69 Å². The van der Waals surface area contributed by atoms with Crippen LogP contribution in [0, 0.1) is 0 Å². The topological polar surface area (TPSA) is 63.7 Å². The molecule has 2 rings (SSSR count). The van der Waals surface area contributed by atoms with Crippen LogP contribution in [0.1, 0.15) is 0 Å². The van der Waals surface area contributed by atoms with Gasteiger partial charge in [0.25, 0.3) is 6.47 Å². The van der Waals surface area contributed by atoms with Crippen LogP contribution in [0.25, 0.3) is 0 Å². The van der Waals surface area contributed by atoms with Gasteiger partial charge < -0.3 is 9.64 Å². The van der Waals surface area contributed by atoms with E-state index < -0.39 is 9.84 Å². The molecule has 1 heterocycles. The zero-order valence-corrected chi connectivity index (χ0v) is 10.0. The van der Waals surface area contributed by atoms with Crippen LogP contribution in [0.15, 0.2) is 24.3 Å². The average Bonchev–Trinajstić information content (AvgIpc) is 2.31. The summed E-state index contributed by atoms with van der Waals surface area (Å²) in [5.74, 6) is 0.868. The third-order valence-corrected chi connectivity index (χ3v) is 4.34. The maximum absolute atomic E-state index is 11.3. The van der Waals surface area contributed by atoms with Gasteiger partial charge in [-0.25, -0.2) is 8.42 Å². The lowest BCUT2D eigenvalue weighted by molar-refractivity contribution is -0.120. The summed E-state index contributed by atoms with van der Waals surface area (Å²) in [6, 6.07) is 7.01. The molecule has 5 nitrogen and oxygen atoms in total. The molecule has 92 valence electrons. The van der Waals surface area contributed by atoms with E-state index in [4.69, 9.17) is 0 Å². The van der Waals surface area contributed by atoms with Crippen LogP contribution >= 0.6 is 0 Å². The number of benzene rings is 1. The summed E-state index contributed by atoms with van der Waals surface area (Å²) in [4.78, 5) is 12.1. The smallest absolute Gasteiger partial charge is 0.298 e. The van der Waals surface area contributed by atoms with Crippen LogP contribution < -0.4 is 9.64 Å². The Morgan fingerprint density at radius 2 is 1.71 bits per heavy atom. The molecule has 1 saturated heterocycles. The van der Waals surface area contributed by atoms with Gasteiger partial charge in [-0.3, -0.25) is 4.79 Å². The second-order valence-electron chi connectivity index (χ2n) is 3.85. The highest BCUT2D eigenvalue weighted by molar-refractivity contribution is 7.91. The van der Waals surface area contributed by atoms with Gasteiger partial charge in [-0.1, -0.05) is 0 Å². The molecule has 0 aliphatic carbocycles. The van der Waals surface area contributed by atoms with Gasteiger partial charge in [0.05, 0.1) is 11.5 Å². The molecule has 1 fully saturated rings. The van der Waals surface area contributed by atoms with Crippen molar-refractivity contribution in [3.8, 4) is 5.75 Å². The Hall–Kier alpha value is -1.56. The number of anilines is 1. The van der Waals surface area contributed by atoms with E-state index in [2.05, 4.69) is 4.74 Å². The van der Waals surface area contributed by atoms with Crippen LogP contribution in [0.5, 0.6) is 5.75 Å². The minimum Gasteiger partial charge on any atom is -0.429 e. The van der Waals surface area contributed by atoms with Gasteiger partial charge in [0.2, 0.25) is 0 Å². The van der Waals surface area contributed by atoms with Crippen molar-refractivity contribution in [2.24, 2.45) is 0 Å². The molecular weight excluding hydrogens is 242 g/mol. The Kier molecular flexibility index (Phi) is 3.33. The zero-order chi connectivity index (χ0) is 12.3. The lowest BCUT2D eigenvalue weighted by Gasteiger charge is -2.28. The first-order valence-corrected chi connectivity index (χ1v) is 7.09. The van der Waals surface area contributed by atoms with Crippen LogP contribution in [-0.4, -0.2) is 39.5 Å². The molecule has 0 bridgehead atoms. The van der Waals surface area contributed by atoms with Crippen molar-refractivity contribution in [1.29, 1.82) is 0 Å². The van der Waals surface area contributed by atoms with Crippen molar-refractivity contribution >= 4 is 22.0 Å². The minimum atomic E-state index is -2.85. The molecule has 1 aliphatic rings. The molecule has 1 aromatic rings. The second kappa shape index (κ2) is 4.75. The highest BCUT2D eigenvalue weighted by Crippen LogP contribution is 2.20. The molecule has 0 aromatic heterocycles. The molecule has 17 heavy (non-hydrogen) atoms. The van der Waals surface area contributed by atoms with Crippen molar-refractivity contribution in [3.63, 3.8) is 0 Å².